The van der Waals surface area contributed by atoms with Crippen LogP contribution in [0.2, 0.25) is 0 Å². The number of carbonyl (C=O) groups excluding carboxylic acids is 1. The number of aromatic nitrogens is 1. The number of rotatable bonds is 3. The van der Waals surface area contributed by atoms with Gasteiger partial charge in [-0.3, -0.25) is 9.36 Å². The fourth-order valence-corrected chi connectivity index (χ4v) is 2.45. The average molecular weight is 326 g/mol. The van der Waals surface area contributed by atoms with Gasteiger partial charge < -0.3 is 14.8 Å². The highest BCUT2D eigenvalue weighted by Crippen LogP contribution is 2.19. The zero-order valence-corrected chi connectivity index (χ0v) is 13.0. The molecule has 0 fully saturated rings. The number of aryl methyl sites for hydroxylation is 2. The monoisotopic (exact) mass is 326 g/mol. The fraction of sp³-hybridized carbons (Fsp3) is 0.118. The first kappa shape index (κ1) is 15.5. The number of hydrogen-bond acceptors (Lipinski definition) is 4. The lowest BCUT2D eigenvalue weighted by molar-refractivity contribution is 0.0696. The molecule has 0 atom stereocenters. The number of carboxylic acids is 1. The molecule has 1 aromatic heterocycles. The number of anilines is 1. The van der Waals surface area contributed by atoms with E-state index in [1.54, 1.807) is 38.2 Å². The van der Waals surface area contributed by atoms with Gasteiger partial charge in [0.25, 0.3) is 5.91 Å². The van der Waals surface area contributed by atoms with Crippen molar-refractivity contribution in [1.29, 1.82) is 0 Å². The van der Waals surface area contributed by atoms with Gasteiger partial charge in [-0.1, -0.05) is 0 Å². The molecule has 0 aliphatic heterocycles. The van der Waals surface area contributed by atoms with Crippen LogP contribution >= 0.6 is 0 Å². The van der Waals surface area contributed by atoms with Crippen molar-refractivity contribution in [2.75, 3.05) is 5.32 Å². The van der Waals surface area contributed by atoms with Gasteiger partial charge in [0, 0.05) is 18.3 Å². The molecule has 2 N–H and O–H groups in total. The van der Waals surface area contributed by atoms with E-state index in [9.17, 15) is 14.4 Å². The maximum absolute atomic E-state index is 12.4. The largest absolute Gasteiger partial charge is 0.478 e. The Labute approximate surface area is 136 Å². The summed E-state index contributed by atoms with van der Waals surface area (Å²) >= 11 is 0. The number of oxazole rings is 1. The molecule has 0 aliphatic rings. The van der Waals surface area contributed by atoms with Crippen molar-refractivity contribution in [3.05, 3.63) is 63.6 Å². The van der Waals surface area contributed by atoms with Crippen LogP contribution in [-0.2, 0) is 7.05 Å². The summed E-state index contributed by atoms with van der Waals surface area (Å²) in [5, 5.41) is 11.8. The van der Waals surface area contributed by atoms with Crippen LogP contribution in [0.15, 0.2) is 45.6 Å². The van der Waals surface area contributed by atoms with Gasteiger partial charge in [0.15, 0.2) is 5.58 Å². The second kappa shape index (κ2) is 5.69. The molecule has 7 heteroatoms. The maximum Gasteiger partial charge on any atom is 0.419 e. The third-order valence-corrected chi connectivity index (χ3v) is 3.64. The van der Waals surface area contributed by atoms with Gasteiger partial charge in [-0.05, 0) is 48.9 Å². The Hall–Kier alpha value is -3.35. The summed E-state index contributed by atoms with van der Waals surface area (Å²) in [6.07, 6.45) is 0. The minimum atomic E-state index is -1.09. The lowest BCUT2D eigenvalue weighted by Gasteiger charge is -2.07. The molecule has 24 heavy (non-hydrogen) atoms. The Morgan fingerprint density at radius 2 is 1.83 bits per heavy atom. The molecule has 0 spiro atoms. The van der Waals surface area contributed by atoms with Gasteiger partial charge in [-0.2, -0.15) is 0 Å². The number of nitrogens with zero attached hydrogens (tertiary/aromatic N) is 1. The first-order chi connectivity index (χ1) is 11.3. The predicted octanol–water partition coefficient (Wildman–Crippen LogP) is 2.39. The van der Waals surface area contributed by atoms with Gasteiger partial charge >= 0.3 is 11.7 Å². The molecule has 3 rings (SSSR count). The summed E-state index contributed by atoms with van der Waals surface area (Å²) in [4.78, 5) is 35.0. The number of carbonyl (C=O) groups is 2. The van der Waals surface area contributed by atoms with Crippen molar-refractivity contribution >= 4 is 28.7 Å². The zero-order valence-electron chi connectivity index (χ0n) is 13.0. The van der Waals surface area contributed by atoms with Crippen LogP contribution in [-0.4, -0.2) is 21.6 Å². The third kappa shape index (κ3) is 2.79. The van der Waals surface area contributed by atoms with Gasteiger partial charge in [0.2, 0.25) is 0 Å². The minimum Gasteiger partial charge on any atom is -0.478 e. The van der Waals surface area contributed by atoms with Crippen molar-refractivity contribution in [1.82, 2.24) is 4.57 Å². The first-order valence-corrected chi connectivity index (χ1v) is 7.11. The smallest absolute Gasteiger partial charge is 0.419 e. The minimum absolute atomic E-state index is 0.0489. The molecule has 3 aromatic rings. The standard InChI is InChI=1S/C17H14N2O5/c1-9-5-10(7-11(6-9)16(21)22)15(20)18-12-3-4-14-13(8-12)19(2)17(23)24-14/h3-8H,1-2H3,(H,18,20)(H,21,22). The Kier molecular flexibility index (Phi) is 3.69. The molecule has 0 bridgehead atoms. The van der Waals surface area contributed by atoms with Crippen LogP contribution in [0.25, 0.3) is 11.1 Å². The highest BCUT2D eigenvalue weighted by molar-refractivity contribution is 6.06. The number of hydrogen-bond donors (Lipinski definition) is 2. The summed E-state index contributed by atoms with van der Waals surface area (Å²) in [5.41, 5.74) is 2.41. The Morgan fingerprint density at radius 3 is 2.54 bits per heavy atom. The second-order valence-electron chi connectivity index (χ2n) is 5.46. The van der Waals surface area contributed by atoms with Gasteiger partial charge in [-0.15, -0.1) is 0 Å². The van der Waals surface area contributed by atoms with E-state index in [4.69, 9.17) is 9.52 Å². The predicted molar refractivity (Wildman–Crippen MR) is 87.5 cm³/mol. The average Bonchev–Trinajstić information content (AvgIpc) is 2.81. The SMILES string of the molecule is Cc1cc(C(=O)O)cc(C(=O)Nc2ccc3oc(=O)n(C)c3c2)c1. The van der Waals surface area contributed by atoms with E-state index >= 15 is 0 Å². The topological polar surface area (TPSA) is 102 Å². The molecule has 1 amide bonds. The van der Waals surface area contributed by atoms with Crippen molar-refractivity contribution in [3.8, 4) is 0 Å². The lowest BCUT2D eigenvalue weighted by atomic mass is 10.1. The maximum atomic E-state index is 12.4. The third-order valence-electron chi connectivity index (χ3n) is 3.64. The van der Waals surface area contributed by atoms with E-state index in [0.717, 1.165) is 0 Å². The van der Waals surface area contributed by atoms with E-state index in [0.29, 0.717) is 22.4 Å². The highest BCUT2D eigenvalue weighted by Gasteiger charge is 2.13. The van der Waals surface area contributed by atoms with Crippen LogP contribution < -0.4 is 11.1 Å². The molecular formula is C17H14N2O5. The van der Waals surface area contributed by atoms with E-state index in [1.165, 1.54) is 16.7 Å². The molecule has 0 aliphatic carbocycles. The van der Waals surface area contributed by atoms with Crippen LogP contribution in [0.3, 0.4) is 0 Å². The lowest BCUT2D eigenvalue weighted by Crippen LogP contribution is -2.13. The summed E-state index contributed by atoms with van der Waals surface area (Å²) in [6.45, 7) is 1.72. The van der Waals surface area contributed by atoms with Gasteiger partial charge in [-0.25, -0.2) is 9.59 Å². The molecule has 0 saturated heterocycles. The quantitative estimate of drug-likeness (QED) is 0.769. The number of carboxylic acid groups (broad SMARTS) is 1. The number of benzene rings is 2. The van der Waals surface area contributed by atoms with Crippen molar-refractivity contribution in [3.63, 3.8) is 0 Å². The first-order valence-electron chi connectivity index (χ1n) is 7.11. The zero-order chi connectivity index (χ0) is 17.4. The molecule has 0 unspecified atom stereocenters. The summed E-state index contributed by atoms with van der Waals surface area (Å²) in [7, 11) is 1.57. The number of aromatic carboxylic acids is 1. The Balaban J connectivity index is 1.93. The normalized spacial score (nSPS) is 10.8. The van der Waals surface area contributed by atoms with Crippen molar-refractivity contribution in [2.24, 2.45) is 7.05 Å². The van der Waals surface area contributed by atoms with Gasteiger partial charge in [0.05, 0.1) is 11.1 Å². The second-order valence-corrected chi connectivity index (χ2v) is 5.46. The molecule has 0 radical (unpaired) electrons. The number of fused-ring (bicyclic) bond motifs is 1. The van der Waals surface area contributed by atoms with Crippen LogP contribution in [0.4, 0.5) is 5.69 Å². The van der Waals surface area contributed by atoms with Crippen LogP contribution in [0.5, 0.6) is 0 Å². The number of amides is 1. The molecule has 2 aromatic carbocycles. The van der Waals surface area contributed by atoms with Gasteiger partial charge in [0.1, 0.15) is 0 Å². The Bertz CT molecular complexity index is 1030. The molecular weight excluding hydrogens is 312 g/mol. The Morgan fingerprint density at radius 1 is 1.12 bits per heavy atom. The van der Waals surface area contributed by atoms with E-state index in [1.807, 2.05) is 0 Å². The summed E-state index contributed by atoms with van der Waals surface area (Å²) in [5.74, 6) is -2.02. The molecule has 0 saturated carbocycles. The highest BCUT2D eigenvalue weighted by atomic mass is 16.4. The molecule has 122 valence electrons. The summed E-state index contributed by atoms with van der Waals surface area (Å²) in [6, 6.07) is 9.23. The van der Waals surface area contributed by atoms with Crippen molar-refractivity contribution in [2.45, 2.75) is 6.92 Å². The van der Waals surface area contributed by atoms with Crippen LogP contribution in [0.1, 0.15) is 26.3 Å². The van der Waals surface area contributed by atoms with E-state index in [-0.39, 0.29) is 11.1 Å². The summed E-state index contributed by atoms with van der Waals surface area (Å²) < 4.78 is 6.36. The van der Waals surface area contributed by atoms with E-state index < -0.39 is 17.6 Å². The van der Waals surface area contributed by atoms with Crippen LogP contribution in [0, 0.1) is 6.92 Å². The fourth-order valence-electron chi connectivity index (χ4n) is 2.45. The van der Waals surface area contributed by atoms with Crippen molar-refractivity contribution < 1.29 is 19.1 Å². The molecule has 7 nitrogen and oxygen atoms in total. The molecule has 1 heterocycles. The van der Waals surface area contributed by atoms with E-state index in [2.05, 4.69) is 5.32 Å². The number of nitrogens with one attached hydrogen (secondary N) is 1.